The second-order valence-corrected chi connectivity index (χ2v) is 5.60. The lowest BCUT2D eigenvalue weighted by atomic mass is 10.1. The second kappa shape index (κ2) is 4.98. The van der Waals surface area contributed by atoms with Gasteiger partial charge in [-0.25, -0.2) is 0 Å². The normalized spacial score (nSPS) is 19.6. The van der Waals surface area contributed by atoms with Crippen LogP contribution in [0.3, 0.4) is 0 Å². The number of anilines is 1. The van der Waals surface area contributed by atoms with Gasteiger partial charge in [0.25, 0.3) is 0 Å². The molecule has 0 bridgehead atoms. The fourth-order valence-corrected chi connectivity index (χ4v) is 2.88. The first kappa shape index (κ1) is 11.5. The molecule has 92 valence electrons. The first-order valence-corrected chi connectivity index (χ1v) is 7.08. The third-order valence-electron chi connectivity index (χ3n) is 2.97. The summed E-state index contributed by atoms with van der Waals surface area (Å²) < 4.78 is 0. The van der Waals surface area contributed by atoms with Gasteiger partial charge in [0.2, 0.25) is 0 Å². The molecule has 0 radical (unpaired) electrons. The number of rotatable bonds is 1. The number of fused-ring (bicyclic) bond motifs is 1. The number of nitrogens with zero attached hydrogens (tertiary/aromatic N) is 2. The zero-order valence-corrected chi connectivity index (χ0v) is 11.1. The zero-order valence-electron chi connectivity index (χ0n) is 10.3. The van der Waals surface area contributed by atoms with E-state index < -0.39 is 0 Å². The van der Waals surface area contributed by atoms with Gasteiger partial charge < -0.3 is 5.32 Å². The summed E-state index contributed by atoms with van der Waals surface area (Å²) in [7, 11) is 0. The summed E-state index contributed by atoms with van der Waals surface area (Å²) in [5.74, 6) is 1.82. The van der Waals surface area contributed by atoms with Crippen molar-refractivity contribution in [3.8, 4) is 0 Å². The summed E-state index contributed by atoms with van der Waals surface area (Å²) in [5.41, 5.74) is 1.11. The molecule has 1 aromatic carbocycles. The third-order valence-corrected chi connectivity index (χ3v) is 4.21. The molecule has 1 N–H and O–H groups in total. The standard InChI is InChI=1S/C14H15N3S/c1-10-7-16-14(18-9-10)17-13-4-2-3-11-8-15-6-5-12(11)13/h2-6,8,10H,7,9H2,1H3,(H,16,17). The molecule has 2 heterocycles. The minimum absolute atomic E-state index is 0.678. The number of aromatic nitrogens is 1. The highest BCUT2D eigenvalue weighted by Crippen LogP contribution is 2.25. The van der Waals surface area contributed by atoms with Gasteiger partial charge in [-0.15, -0.1) is 0 Å². The van der Waals surface area contributed by atoms with Crippen LogP contribution < -0.4 is 5.32 Å². The molecule has 0 saturated heterocycles. The molecule has 0 spiro atoms. The van der Waals surface area contributed by atoms with Crippen molar-refractivity contribution in [1.29, 1.82) is 0 Å². The lowest BCUT2D eigenvalue weighted by Crippen LogP contribution is -2.18. The topological polar surface area (TPSA) is 37.3 Å². The smallest absolute Gasteiger partial charge is 0.161 e. The van der Waals surface area contributed by atoms with Crippen molar-refractivity contribution in [2.24, 2.45) is 10.9 Å². The Labute approximate surface area is 111 Å². The van der Waals surface area contributed by atoms with E-state index in [0.717, 1.165) is 28.5 Å². The van der Waals surface area contributed by atoms with Crippen LogP contribution in [0.15, 0.2) is 41.7 Å². The molecule has 0 fully saturated rings. The molecule has 0 aliphatic carbocycles. The maximum atomic E-state index is 4.57. The largest absolute Gasteiger partial charge is 0.334 e. The number of pyridine rings is 1. The Hall–Kier alpha value is -1.55. The summed E-state index contributed by atoms with van der Waals surface area (Å²) in [5, 5.41) is 6.79. The fourth-order valence-electron chi connectivity index (χ4n) is 1.98. The van der Waals surface area contributed by atoms with Gasteiger partial charge in [-0.1, -0.05) is 30.8 Å². The van der Waals surface area contributed by atoms with Gasteiger partial charge in [0, 0.05) is 41.2 Å². The molecule has 0 saturated carbocycles. The molecule has 3 nitrogen and oxygen atoms in total. The highest BCUT2D eigenvalue weighted by molar-refractivity contribution is 8.14. The maximum Gasteiger partial charge on any atom is 0.161 e. The predicted octanol–water partition coefficient (Wildman–Crippen LogP) is 3.39. The summed E-state index contributed by atoms with van der Waals surface area (Å²) in [4.78, 5) is 8.71. The second-order valence-electron chi connectivity index (χ2n) is 4.59. The van der Waals surface area contributed by atoms with Crippen molar-refractivity contribution in [3.63, 3.8) is 0 Å². The minimum Gasteiger partial charge on any atom is -0.334 e. The van der Waals surface area contributed by atoms with Crippen molar-refractivity contribution < 1.29 is 0 Å². The van der Waals surface area contributed by atoms with Gasteiger partial charge in [-0.05, 0) is 18.1 Å². The predicted molar refractivity (Wildman–Crippen MR) is 79.3 cm³/mol. The molecule has 2 aromatic rings. The molecule has 1 unspecified atom stereocenters. The minimum atomic E-state index is 0.678. The number of thioether (sulfide) groups is 1. The quantitative estimate of drug-likeness (QED) is 0.851. The third kappa shape index (κ3) is 2.34. The van der Waals surface area contributed by atoms with Gasteiger partial charge in [0.05, 0.1) is 0 Å². The molecule has 3 rings (SSSR count). The van der Waals surface area contributed by atoms with E-state index >= 15 is 0 Å². The van der Waals surface area contributed by atoms with E-state index in [9.17, 15) is 0 Å². The van der Waals surface area contributed by atoms with Crippen molar-refractivity contribution in [1.82, 2.24) is 4.98 Å². The van der Waals surface area contributed by atoms with E-state index in [-0.39, 0.29) is 0 Å². The van der Waals surface area contributed by atoms with Gasteiger partial charge in [0.1, 0.15) is 0 Å². The SMILES string of the molecule is CC1CN=C(Nc2cccc3cnccc23)SC1. The van der Waals surface area contributed by atoms with Crippen LogP contribution in [0, 0.1) is 5.92 Å². The molecule has 1 aromatic heterocycles. The van der Waals surface area contributed by atoms with Crippen LogP contribution >= 0.6 is 11.8 Å². The van der Waals surface area contributed by atoms with Gasteiger partial charge in [0.15, 0.2) is 5.17 Å². The average molecular weight is 257 g/mol. The van der Waals surface area contributed by atoms with E-state index in [1.165, 1.54) is 5.39 Å². The highest BCUT2D eigenvalue weighted by Gasteiger charge is 2.12. The Bertz CT molecular complexity index is 589. The number of hydrogen-bond donors (Lipinski definition) is 1. The van der Waals surface area contributed by atoms with Crippen molar-refractivity contribution in [3.05, 3.63) is 36.7 Å². The number of nitrogens with one attached hydrogen (secondary N) is 1. The molecular weight excluding hydrogens is 242 g/mol. The molecule has 0 amide bonds. The Morgan fingerprint density at radius 3 is 3.11 bits per heavy atom. The van der Waals surface area contributed by atoms with E-state index in [4.69, 9.17) is 0 Å². The summed E-state index contributed by atoms with van der Waals surface area (Å²) >= 11 is 1.80. The number of benzene rings is 1. The van der Waals surface area contributed by atoms with Crippen LogP contribution in [0.5, 0.6) is 0 Å². The Kier molecular flexibility index (Phi) is 3.19. The first-order valence-electron chi connectivity index (χ1n) is 6.10. The molecule has 4 heteroatoms. The van der Waals surface area contributed by atoms with Crippen molar-refractivity contribution in [2.45, 2.75) is 6.92 Å². The van der Waals surface area contributed by atoms with Crippen LogP contribution in [0.4, 0.5) is 5.69 Å². The van der Waals surface area contributed by atoms with Crippen LogP contribution in [0.2, 0.25) is 0 Å². The Balaban J connectivity index is 1.91. The van der Waals surface area contributed by atoms with Gasteiger partial charge >= 0.3 is 0 Å². The van der Waals surface area contributed by atoms with Crippen LogP contribution in [0.1, 0.15) is 6.92 Å². The van der Waals surface area contributed by atoms with E-state index in [1.54, 1.807) is 11.8 Å². The molecular formula is C14H15N3S. The summed E-state index contributed by atoms with van der Waals surface area (Å²) in [6.07, 6.45) is 3.71. The van der Waals surface area contributed by atoms with Gasteiger partial charge in [-0.2, -0.15) is 0 Å². The average Bonchev–Trinajstić information content (AvgIpc) is 2.42. The lowest BCUT2D eigenvalue weighted by Gasteiger charge is -2.18. The first-order chi connectivity index (χ1) is 8.83. The Morgan fingerprint density at radius 2 is 2.28 bits per heavy atom. The number of amidine groups is 1. The molecule has 18 heavy (non-hydrogen) atoms. The highest BCUT2D eigenvalue weighted by atomic mass is 32.2. The summed E-state index contributed by atoms with van der Waals surface area (Å²) in [6, 6.07) is 8.24. The molecule has 1 aliphatic rings. The van der Waals surface area contributed by atoms with E-state index in [1.807, 2.05) is 24.5 Å². The van der Waals surface area contributed by atoms with Crippen molar-refractivity contribution >= 4 is 33.4 Å². The van der Waals surface area contributed by atoms with Crippen LogP contribution in [0.25, 0.3) is 10.8 Å². The monoisotopic (exact) mass is 257 g/mol. The van der Waals surface area contributed by atoms with E-state index in [0.29, 0.717) is 5.92 Å². The van der Waals surface area contributed by atoms with Crippen LogP contribution in [-0.2, 0) is 0 Å². The van der Waals surface area contributed by atoms with Gasteiger partial charge in [-0.3, -0.25) is 9.98 Å². The lowest BCUT2D eigenvalue weighted by molar-refractivity contribution is 0.674. The number of aliphatic imine (C=N–C) groups is 1. The van der Waals surface area contributed by atoms with Crippen molar-refractivity contribution in [2.75, 3.05) is 17.6 Å². The summed E-state index contributed by atoms with van der Waals surface area (Å²) in [6.45, 7) is 3.15. The zero-order chi connectivity index (χ0) is 12.4. The molecule has 1 atom stereocenters. The fraction of sp³-hybridized carbons (Fsp3) is 0.286. The van der Waals surface area contributed by atoms with Crippen LogP contribution in [-0.4, -0.2) is 22.4 Å². The number of hydrogen-bond acceptors (Lipinski definition) is 4. The maximum absolute atomic E-state index is 4.57. The van der Waals surface area contributed by atoms with E-state index in [2.05, 4.69) is 34.3 Å². The molecule has 1 aliphatic heterocycles. The Morgan fingerprint density at radius 1 is 1.33 bits per heavy atom.